The van der Waals surface area contributed by atoms with E-state index in [9.17, 15) is 9.59 Å². The minimum atomic E-state index is -0.118. The summed E-state index contributed by atoms with van der Waals surface area (Å²) in [7, 11) is 1.74. The van der Waals surface area contributed by atoms with Crippen LogP contribution in [-0.2, 0) is 31.4 Å². The molecule has 1 atom stereocenters. The highest BCUT2D eigenvalue weighted by Gasteiger charge is 2.22. The predicted octanol–water partition coefficient (Wildman–Crippen LogP) is 2.77. The lowest BCUT2D eigenvalue weighted by atomic mass is 10.1. The summed E-state index contributed by atoms with van der Waals surface area (Å²) in [4.78, 5) is 25.0. The molecular formula is C23H27N3O4. The van der Waals surface area contributed by atoms with Crippen LogP contribution in [0.3, 0.4) is 0 Å². The summed E-state index contributed by atoms with van der Waals surface area (Å²) < 4.78 is 14.9. The molecule has 4 rings (SSSR count). The molecule has 1 N–H and O–H groups in total. The molecule has 1 aromatic heterocycles. The van der Waals surface area contributed by atoms with E-state index >= 15 is 0 Å². The van der Waals surface area contributed by atoms with Crippen molar-refractivity contribution in [2.75, 3.05) is 6.61 Å². The molecule has 0 saturated carbocycles. The second-order valence-electron chi connectivity index (χ2n) is 7.64. The first-order valence-electron chi connectivity index (χ1n) is 10.3. The minimum absolute atomic E-state index is 0.118. The number of rotatable bonds is 7. The summed E-state index contributed by atoms with van der Waals surface area (Å²) in [6.07, 6.45) is 1.23. The van der Waals surface area contributed by atoms with Crippen molar-refractivity contribution >= 4 is 16.9 Å². The Labute approximate surface area is 175 Å². The highest BCUT2D eigenvalue weighted by atomic mass is 16.5. The number of fused-ring (bicyclic) bond motifs is 2. The molecule has 7 nitrogen and oxygen atoms in total. The first kappa shape index (κ1) is 20.1. The Morgan fingerprint density at radius 1 is 1.27 bits per heavy atom. The van der Waals surface area contributed by atoms with Crippen LogP contribution in [0.15, 0.2) is 41.2 Å². The van der Waals surface area contributed by atoms with E-state index in [2.05, 4.69) is 5.32 Å². The van der Waals surface area contributed by atoms with E-state index in [-0.39, 0.29) is 24.1 Å². The van der Waals surface area contributed by atoms with Crippen LogP contribution in [0.4, 0.5) is 0 Å². The van der Waals surface area contributed by atoms with Gasteiger partial charge in [-0.1, -0.05) is 12.1 Å². The second-order valence-corrected chi connectivity index (χ2v) is 7.64. The third-order valence-corrected chi connectivity index (χ3v) is 5.47. The number of nitrogens with one attached hydrogen (secondary N) is 1. The second kappa shape index (κ2) is 8.26. The topological polar surface area (TPSA) is 74.5 Å². The van der Waals surface area contributed by atoms with Crippen LogP contribution < -0.4 is 20.5 Å². The Kier molecular flexibility index (Phi) is 5.53. The highest BCUT2D eigenvalue weighted by molar-refractivity contribution is 5.78. The molecule has 1 unspecified atom stereocenters. The number of carbonyl (C=O) groups is 1. The number of para-hydroxylation sites is 2. The zero-order valence-electron chi connectivity index (χ0n) is 17.6. The lowest BCUT2D eigenvalue weighted by Crippen LogP contribution is -2.27. The Bertz CT molecular complexity index is 1150. The maximum atomic E-state index is 12.5. The standard InChI is InChI=1S/C23H27N3O4/c1-4-29-20-12-16-11-15(2)30-21(16)13-17(20)14-24-22(27)9-10-26-19-8-6-5-7-18(19)25(3)23(26)28/h5-8,12-13,15H,4,9-11,14H2,1-3H3,(H,24,27). The maximum Gasteiger partial charge on any atom is 0.328 e. The number of aromatic nitrogens is 2. The fourth-order valence-corrected chi connectivity index (χ4v) is 3.98. The summed E-state index contributed by atoms with van der Waals surface area (Å²) in [6, 6.07) is 11.6. The Balaban J connectivity index is 1.43. The Morgan fingerprint density at radius 3 is 2.80 bits per heavy atom. The van der Waals surface area contributed by atoms with E-state index in [4.69, 9.17) is 9.47 Å². The van der Waals surface area contributed by atoms with Gasteiger partial charge in [0.05, 0.1) is 17.6 Å². The smallest absolute Gasteiger partial charge is 0.328 e. The van der Waals surface area contributed by atoms with Crippen LogP contribution in [0.1, 0.15) is 31.4 Å². The molecule has 30 heavy (non-hydrogen) atoms. The van der Waals surface area contributed by atoms with Crippen LogP contribution in [0.5, 0.6) is 11.5 Å². The van der Waals surface area contributed by atoms with Crippen LogP contribution >= 0.6 is 0 Å². The molecule has 2 heterocycles. The summed E-state index contributed by atoms with van der Waals surface area (Å²) in [6.45, 7) is 5.21. The molecule has 0 fully saturated rings. The molecule has 0 radical (unpaired) electrons. The first-order valence-corrected chi connectivity index (χ1v) is 10.3. The number of benzene rings is 2. The predicted molar refractivity (Wildman–Crippen MR) is 115 cm³/mol. The monoisotopic (exact) mass is 409 g/mol. The number of hydrogen-bond donors (Lipinski definition) is 1. The number of aryl methyl sites for hydroxylation is 2. The average molecular weight is 409 g/mol. The third-order valence-electron chi connectivity index (χ3n) is 5.47. The van der Waals surface area contributed by atoms with Crippen molar-refractivity contribution in [1.82, 2.24) is 14.5 Å². The number of imidazole rings is 1. The van der Waals surface area contributed by atoms with E-state index < -0.39 is 0 Å². The van der Waals surface area contributed by atoms with Crippen molar-refractivity contribution in [3.8, 4) is 11.5 Å². The Hall–Kier alpha value is -3.22. The van der Waals surface area contributed by atoms with Gasteiger partial charge in [-0.05, 0) is 38.1 Å². The molecule has 2 aromatic carbocycles. The quantitative estimate of drug-likeness (QED) is 0.651. The van der Waals surface area contributed by atoms with Crippen molar-refractivity contribution in [2.24, 2.45) is 7.05 Å². The number of ether oxygens (including phenoxy) is 2. The van der Waals surface area contributed by atoms with Gasteiger partial charge >= 0.3 is 5.69 Å². The molecule has 1 amide bonds. The van der Waals surface area contributed by atoms with Crippen LogP contribution in [-0.4, -0.2) is 27.8 Å². The van der Waals surface area contributed by atoms with Gasteiger partial charge in [-0.2, -0.15) is 0 Å². The molecule has 1 aliphatic heterocycles. The van der Waals surface area contributed by atoms with E-state index in [0.717, 1.165) is 40.1 Å². The lowest BCUT2D eigenvalue weighted by Gasteiger charge is -2.13. The largest absolute Gasteiger partial charge is 0.494 e. The van der Waals surface area contributed by atoms with Crippen molar-refractivity contribution in [3.63, 3.8) is 0 Å². The van der Waals surface area contributed by atoms with Gasteiger partial charge in [-0.15, -0.1) is 0 Å². The van der Waals surface area contributed by atoms with Crippen molar-refractivity contribution in [3.05, 3.63) is 58.0 Å². The van der Waals surface area contributed by atoms with Gasteiger partial charge < -0.3 is 14.8 Å². The molecule has 0 saturated heterocycles. The fourth-order valence-electron chi connectivity index (χ4n) is 3.98. The Morgan fingerprint density at radius 2 is 2.03 bits per heavy atom. The average Bonchev–Trinajstić information content (AvgIpc) is 3.21. The minimum Gasteiger partial charge on any atom is -0.494 e. The molecule has 0 bridgehead atoms. The van der Waals surface area contributed by atoms with Crippen molar-refractivity contribution < 1.29 is 14.3 Å². The molecule has 0 aliphatic carbocycles. The zero-order valence-corrected chi connectivity index (χ0v) is 17.6. The molecule has 3 aromatic rings. The summed E-state index contributed by atoms with van der Waals surface area (Å²) in [5.41, 5.74) is 3.60. The first-order chi connectivity index (χ1) is 14.5. The van der Waals surface area contributed by atoms with Crippen molar-refractivity contribution in [1.29, 1.82) is 0 Å². The molecule has 7 heteroatoms. The molecule has 1 aliphatic rings. The van der Waals surface area contributed by atoms with E-state index in [1.807, 2.05) is 50.2 Å². The third kappa shape index (κ3) is 3.79. The van der Waals surface area contributed by atoms with Gasteiger partial charge in [-0.25, -0.2) is 4.79 Å². The molecular weight excluding hydrogens is 382 g/mol. The zero-order chi connectivity index (χ0) is 21.3. The van der Waals surface area contributed by atoms with Crippen LogP contribution in [0, 0.1) is 0 Å². The van der Waals surface area contributed by atoms with Gasteiger partial charge in [0.1, 0.15) is 17.6 Å². The van der Waals surface area contributed by atoms with Crippen LogP contribution in [0.2, 0.25) is 0 Å². The highest BCUT2D eigenvalue weighted by Crippen LogP contribution is 2.35. The van der Waals surface area contributed by atoms with Crippen LogP contribution in [0.25, 0.3) is 11.0 Å². The number of nitrogens with zero attached hydrogens (tertiary/aromatic N) is 2. The number of hydrogen-bond acceptors (Lipinski definition) is 4. The lowest BCUT2D eigenvalue weighted by molar-refractivity contribution is -0.121. The summed E-state index contributed by atoms with van der Waals surface area (Å²) in [5.74, 6) is 1.52. The van der Waals surface area contributed by atoms with Gasteiger partial charge in [-0.3, -0.25) is 13.9 Å². The van der Waals surface area contributed by atoms with Gasteiger partial charge in [0, 0.05) is 44.1 Å². The van der Waals surface area contributed by atoms with Gasteiger partial charge in [0.25, 0.3) is 0 Å². The summed E-state index contributed by atoms with van der Waals surface area (Å²) in [5, 5.41) is 2.95. The van der Waals surface area contributed by atoms with Gasteiger partial charge in [0.2, 0.25) is 5.91 Å². The van der Waals surface area contributed by atoms with E-state index in [1.165, 1.54) is 0 Å². The molecule has 158 valence electrons. The fraction of sp³-hybridized carbons (Fsp3) is 0.391. The normalized spacial score (nSPS) is 15.1. The van der Waals surface area contributed by atoms with E-state index in [1.54, 1.807) is 16.2 Å². The maximum absolute atomic E-state index is 12.5. The molecule has 0 spiro atoms. The number of amides is 1. The van der Waals surface area contributed by atoms with Gasteiger partial charge in [0.15, 0.2) is 0 Å². The number of carbonyl (C=O) groups excluding carboxylic acids is 1. The SMILES string of the molecule is CCOc1cc2c(cc1CNC(=O)CCn1c(=O)n(C)c3ccccc31)OC(C)C2. The van der Waals surface area contributed by atoms with Crippen molar-refractivity contribution in [2.45, 2.75) is 45.9 Å². The summed E-state index contributed by atoms with van der Waals surface area (Å²) >= 11 is 0. The van der Waals surface area contributed by atoms with E-state index in [0.29, 0.717) is 19.7 Å².